The minimum atomic E-state index is -4.27. The summed E-state index contributed by atoms with van der Waals surface area (Å²) in [5.41, 5.74) is 0.493. The lowest BCUT2D eigenvalue weighted by molar-refractivity contribution is -0.123. The molecule has 0 bridgehead atoms. The van der Waals surface area contributed by atoms with Crippen LogP contribution in [0, 0.1) is 11.8 Å². The fourth-order valence-corrected chi connectivity index (χ4v) is 1.34. The van der Waals surface area contributed by atoms with E-state index in [-0.39, 0.29) is 18.6 Å². The Morgan fingerprint density at radius 3 is 2.71 bits per heavy atom. The van der Waals surface area contributed by atoms with Crippen LogP contribution in [-0.2, 0) is 0 Å². The standard InChI is InChI=1S/C14H13F4NO2/c15-13(16)14(17,18)9-19-12(21)11-6-3-5-10(8-11)4-1-2-7-20/h3,5-6,8,13,20H,2,7,9H2,(H,19,21). The first-order valence-corrected chi connectivity index (χ1v) is 6.01. The zero-order chi connectivity index (χ0) is 15.9. The molecule has 0 aliphatic heterocycles. The summed E-state index contributed by atoms with van der Waals surface area (Å²) in [6.07, 6.45) is -3.58. The summed E-state index contributed by atoms with van der Waals surface area (Å²) < 4.78 is 49.3. The summed E-state index contributed by atoms with van der Waals surface area (Å²) in [7, 11) is 0. The van der Waals surface area contributed by atoms with Crippen molar-refractivity contribution in [3.8, 4) is 11.8 Å². The first kappa shape index (κ1) is 17.0. The van der Waals surface area contributed by atoms with E-state index < -0.39 is 24.8 Å². The number of halogens is 4. The molecule has 0 saturated carbocycles. The van der Waals surface area contributed by atoms with Gasteiger partial charge in [0, 0.05) is 17.5 Å². The maximum atomic E-state index is 12.7. The van der Waals surface area contributed by atoms with Crippen molar-refractivity contribution in [3.05, 3.63) is 35.4 Å². The average Bonchev–Trinajstić information content (AvgIpc) is 2.45. The molecule has 0 saturated heterocycles. The third-order valence-corrected chi connectivity index (χ3v) is 2.40. The number of carbonyl (C=O) groups is 1. The van der Waals surface area contributed by atoms with Crippen molar-refractivity contribution in [3.63, 3.8) is 0 Å². The Morgan fingerprint density at radius 1 is 1.38 bits per heavy atom. The lowest BCUT2D eigenvalue weighted by Crippen LogP contribution is -2.41. The number of benzene rings is 1. The first-order chi connectivity index (χ1) is 9.86. The van der Waals surface area contributed by atoms with Gasteiger partial charge in [-0.1, -0.05) is 17.9 Å². The van der Waals surface area contributed by atoms with E-state index in [9.17, 15) is 22.4 Å². The minimum absolute atomic E-state index is 0.0378. The van der Waals surface area contributed by atoms with Crippen LogP contribution in [0.15, 0.2) is 24.3 Å². The second-order valence-corrected chi connectivity index (χ2v) is 4.10. The molecule has 1 rings (SSSR count). The highest BCUT2D eigenvalue weighted by Gasteiger charge is 2.40. The van der Waals surface area contributed by atoms with Crippen molar-refractivity contribution >= 4 is 5.91 Å². The Morgan fingerprint density at radius 2 is 2.10 bits per heavy atom. The van der Waals surface area contributed by atoms with Gasteiger partial charge in [0.2, 0.25) is 0 Å². The molecule has 1 amide bonds. The van der Waals surface area contributed by atoms with Gasteiger partial charge in [-0.3, -0.25) is 4.79 Å². The van der Waals surface area contributed by atoms with Crippen LogP contribution < -0.4 is 5.32 Å². The molecule has 1 aromatic carbocycles. The maximum absolute atomic E-state index is 12.7. The predicted octanol–water partition coefficient (Wildman–Crippen LogP) is 2.05. The van der Waals surface area contributed by atoms with Gasteiger partial charge in [-0.2, -0.15) is 8.78 Å². The number of aliphatic hydroxyl groups excluding tert-OH is 1. The van der Waals surface area contributed by atoms with E-state index >= 15 is 0 Å². The van der Waals surface area contributed by atoms with Crippen molar-refractivity contribution in [2.24, 2.45) is 0 Å². The van der Waals surface area contributed by atoms with Crippen molar-refractivity contribution in [2.75, 3.05) is 13.2 Å². The molecule has 114 valence electrons. The number of rotatable bonds is 5. The highest BCUT2D eigenvalue weighted by atomic mass is 19.3. The summed E-state index contributed by atoms with van der Waals surface area (Å²) in [6.45, 7) is -1.54. The van der Waals surface area contributed by atoms with Gasteiger partial charge in [0.15, 0.2) is 0 Å². The molecule has 0 heterocycles. The van der Waals surface area contributed by atoms with Gasteiger partial charge in [0.25, 0.3) is 5.91 Å². The van der Waals surface area contributed by atoms with E-state index in [0.717, 1.165) is 0 Å². The van der Waals surface area contributed by atoms with Crippen LogP contribution in [0.1, 0.15) is 22.3 Å². The molecular weight excluding hydrogens is 290 g/mol. The van der Waals surface area contributed by atoms with Crippen molar-refractivity contribution in [2.45, 2.75) is 18.8 Å². The van der Waals surface area contributed by atoms with E-state index in [4.69, 9.17) is 5.11 Å². The molecule has 7 heteroatoms. The Balaban J connectivity index is 2.71. The summed E-state index contributed by atoms with van der Waals surface area (Å²) in [5.74, 6) is 0.154. The SMILES string of the molecule is O=C(NCC(F)(F)C(F)F)c1cccc(C#CCCO)c1. The smallest absolute Gasteiger partial charge is 0.324 e. The number of hydrogen-bond acceptors (Lipinski definition) is 2. The third kappa shape index (κ3) is 5.44. The molecule has 2 N–H and O–H groups in total. The second-order valence-electron chi connectivity index (χ2n) is 4.10. The summed E-state index contributed by atoms with van der Waals surface area (Å²) in [4.78, 5) is 11.6. The topological polar surface area (TPSA) is 49.3 Å². The Hall–Kier alpha value is -2.07. The van der Waals surface area contributed by atoms with Crippen LogP contribution in [0.4, 0.5) is 17.6 Å². The monoisotopic (exact) mass is 303 g/mol. The summed E-state index contributed by atoms with van der Waals surface area (Å²) in [6, 6.07) is 5.78. The van der Waals surface area contributed by atoms with Gasteiger partial charge in [-0.25, -0.2) is 8.78 Å². The predicted molar refractivity (Wildman–Crippen MR) is 68.3 cm³/mol. The molecule has 0 unspecified atom stereocenters. The lowest BCUT2D eigenvalue weighted by atomic mass is 10.1. The fraction of sp³-hybridized carbons (Fsp3) is 0.357. The van der Waals surface area contributed by atoms with Crippen molar-refractivity contribution < 1.29 is 27.5 Å². The van der Waals surface area contributed by atoms with E-state index in [1.54, 1.807) is 11.4 Å². The van der Waals surface area contributed by atoms with Gasteiger partial charge in [0.1, 0.15) is 0 Å². The van der Waals surface area contributed by atoms with E-state index in [0.29, 0.717) is 5.56 Å². The number of amides is 1. The normalized spacial score (nSPS) is 11.0. The highest BCUT2D eigenvalue weighted by molar-refractivity contribution is 5.94. The van der Waals surface area contributed by atoms with Crippen LogP contribution in [0.3, 0.4) is 0 Å². The average molecular weight is 303 g/mol. The van der Waals surface area contributed by atoms with Crippen LogP contribution in [0.5, 0.6) is 0 Å². The van der Waals surface area contributed by atoms with Gasteiger partial charge in [-0.15, -0.1) is 0 Å². The fourth-order valence-electron chi connectivity index (χ4n) is 1.34. The molecule has 0 fully saturated rings. The molecule has 0 aromatic heterocycles. The molecule has 0 aliphatic carbocycles. The minimum Gasteiger partial charge on any atom is -0.395 e. The Bertz CT molecular complexity index is 549. The first-order valence-electron chi connectivity index (χ1n) is 6.01. The van der Waals surface area contributed by atoms with Gasteiger partial charge >= 0.3 is 12.3 Å². The van der Waals surface area contributed by atoms with Crippen molar-refractivity contribution in [1.82, 2.24) is 5.32 Å². The highest BCUT2D eigenvalue weighted by Crippen LogP contribution is 2.21. The Kier molecular flexibility index (Phi) is 6.18. The molecule has 0 spiro atoms. The third-order valence-electron chi connectivity index (χ3n) is 2.40. The van der Waals surface area contributed by atoms with Crippen molar-refractivity contribution in [1.29, 1.82) is 0 Å². The van der Waals surface area contributed by atoms with Gasteiger partial charge in [-0.05, 0) is 18.2 Å². The van der Waals surface area contributed by atoms with E-state index in [1.807, 2.05) is 0 Å². The molecule has 0 radical (unpaired) electrons. The number of carbonyl (C=O) groups excluding carboxylic acids is 1. The number of alkyl halides is 4. The number of hydrogen-bond donors (Lipinski definition) is 2. The van der Waals surface area contributed by atoms with Crippen LogP contribution in [0.2, 0.25) is 0 Å². The lowest BCUT2D eigenvalue weighted by Gasteiger charge is -2.15. The van der Waals surface area contributed by atoms with Crippen LogP contribution in [0.25, 0.3) is 0 Å². The van der Waals surface area contributed by atoms with E-state index in [2.05, 4.69) is 11.8 Å². The second kappa shape index (κ2) is 7.64. The molecule has 3 nitrogen and oxygen atoms in total. The number of aliphatic hydroxyl groups is 1. The van der Waals surface area contributed by atoms with Crippen LogP contribution >= 0.6 is 0 Å². The molecule has 1 aromatic rings. The largest absolute Gasteiger partial charge is 0.395 e. The van der Waals surface area contributed by atoms with Gasteiger partial charge < -0.3 is 10.4 Å². The zero-order valence-electron chi connectivity index (χ0n) is 10.9. The molecule has 0 aliphatic rings. The molecule has 21 heavy (non-hydrogen) atoms. The van der Waals surface area contributed by atoms with E-state index in [1.165, 1.54) is 18.2 Å². The molecule has 0 atom stereocenters. The van der Waals surface area contributed by atoms with Gasteiger partial charge in [0.05, 0.1) is 13.2 Å². The number of nitrogens with one attached hydrogen (secondary N) is 1. The summed E-state index contributed by atoms with van der Waals surface area (Å²) in [5, 5.41) is 10.3. The maximum Gasteiger partial charge on any atom is 0.324 e. The summed E-state index contributed by atoms with van der Waals surface area (Å²) >= 11 is 0. The zero-order valence-corrected chi connectivity index (χ0v) is 10.9. The Labute approximate surface area is 119 Å². The quantitative estimate of drug-likeness (QED) is 0.646. The molecular formula is C14H13F4NO2. The van der Waals surface area contributed by atoms with Crippen LogP contribution in [-0.4, -0.2) is 36.5 Å².